The Labute approximate surface area is 251 Å². The second kappa shape index (κ2) is 11.2. The molecule has 6 heteroatoms. The molecule has 7 rings (SSSR count). The molecule has 2 bridgehead atoms. The summed E-state index contributed by atoms with van der Waals surface area (Å²) in [7, 11) is 1.75. The van der Waals surface area contributed by atoms with Gasteiger partial charge in [0.1, 0.15) is 11.6 Å². The predicted octanol–water partition coefficient (Wildman–Crippen LogP) is 8.04. The summed E-state index contributed by atoms with van der Waals surface area (Å²) in [5.41, 5.74) is 5.10. The van der Waals surface area contributed by atoms with Gasteiger partial charge < -0.3 is 4.74 Å². The zero-order valence-electron chi connectivity index (χ0n) is 26.2. The van der Waals surface area contributed by atoms with Gasteiger partial charge in [0.15, 0.2) is 0 Å². The van der Waals surface area contributed by atoms with E-state index in [2.05, 4.69) is 74.6 Å². The maximum Gasteiger partial charge on any atom is 0.231 e. The number of rotatable bonds is 7. The molecule has 6 nitrogen and oxygen atoms in total. The van der Waals surface area contributed by atoms with Crippen LogP contribution in [0.15, 0.2) is 48.9 Å². The van der Waals surface area contributed by atoms with Crippen molar-refractivity contribution in [3.63, 3.8) is 0 Å². The number of amides is 1. The number of benzene rings is 1. The second-order valence-corrected chi connectivity index (χ2v) is 14.3. The molecule has 0 N–H and O–H groups in total. The van der Waals surface area contributed by atoms with E-state index in [0.29, 0.717) is 0 Å². The van der Waals surface area contributed by atoms with Crippen molar-refractivity contribution in [2.24, 2.45) is 11.3 Å². The fraction of sp³-hybridized carbons (Fsp3) is 0.556. The van der Waals surface area contributed by atoms with Crippen LogP contribution in [0.25, 0.3) is 11.1 Å². The van der Waals surface area contributed by atoms with Crippen LogP contribution in [0.1, 0.15) is 96.1 Å². The van der Waals surface area contributed by atoms with Crippen molar-refractivity contribution in [1.29, 1.82) is 0 Å². The highest BCUT2D eigenvalue weighted by Gasteiger charge is 2.50. The first-order valence-corrected chi connectivity index (χ1v) is 15.9. The molecule has 4 aliphatic carbocycles. The Morgan fingerprint density at radius 3 is 2.36 bits per heavy atom. The van der Waals surface area contributed by atoms with Crippen LogP contribution in [0.4, 0.5) is 5.82 Å². The lowest BCUT2D eigenvalue weighted by Gasteiger charge is -2.55. The number of hydrogen-bond acceptors (Lipinski definition) is 4. The fourth-order valence-electron chi connectivity index (χ4n) is 7.73. The van der Waals surface area contributed by atoms with Gasteiger partial charge in [0.25, 0.3) is 0 Å². The standard InChI is InChI=1S/C36H47N4O2/c1-26-21-30(11-12-31(26)42-5)36-17-14-35(15-18-36,16-19-36)25-39(33(41)27-9-7-6-8-10-27)32-22-28(13-20-37-32)29-23-38-40(24-29)34(2,3)4/h6,11-13,20-24,27H,7-10,14-19,25H2,1-5H3. The number of aromatic nitrogens is 3. The topological polar surface area (TPSA) is 60.2 Å². The molecule has 0 aliphatic heterocycles. The molecule has 2 aromatic heterocycles. The maximum absolute atomic E-state index is 14.3. The SMILES string of the molecule is COc1ccc(C23CCC(CN(C(=O)C4CC[CH]CC4)c4cc(-c5cnn(C(C)(C)C)c5)ccn4)(CC2)CC3)cc1C. The highest BCUT2D eigenvalue weighted by Crippen LogP contribution is 2.58. The highest BCUT2D eigenvalue weighted by atomic mass is 16.5. The van der Waals surface area contributed by atoms with Crippen molar-refractivity contribution >= 4 is 11.7 Å². The van der Waals surface area contributed by atoms with Crippen molar-refractivity contribution in [2.75, 3.05) is 18.6 Å². The van der Waals surface area contributed by atoms with Crippen LogP contribution in [-0.4, -0.2) is 34.3 Å². The van der Waals surface area contributed by atoms with Gasteiger partial charge in [-0.3, -0.25) is 14.4 Å². The van der Waals surface area contributed by atoms with Crippen LogP contribution in [0.5, 0.6) is 5.75 Å². The first-order valence-electron chi connectivity index (χ1n) is 15.9. The summed E-state index contributed by atoms with van der Waals surface area (Å²) >= 11 is 0. The Morgan fingerprint density at radius 1 is 1.02 bits per heavy atom. The molecule has 0 spiro atoms. The van der Waals surface area contributed by atoms with Crippen LogP contribution in [0.3, 0.4) is 0 Å². The molecule has 0 saturated heterocycles. The number of ether oxygens (including phenoxy) is 1. The van der Waals surface area contributed by atoms with Gasteiger partial charge in [-0.2, -0.15) is 5.10 Å². The Bertz CT molecular complexity index is 1400. The predicted molar refractivity (Wildman–Crippen MR) is 169 cm³/mol. The van der Waals surface area contributed by atoms with Crippen molar-refractivity contribution in [3.8, 4) is 16.9 Å². The second-order valence-electron chi connectivity index (χ2n) is 14.3. The van der Waals surface area contributed by atoms with Gasteiger partial charge in [-0.25, -0.2) is 4.98 Å². The first-order chi connectivity index (χ1) is 20.1. The number of pyridine rings is 1. The number of methoxy groups -OCH3 is 1. The third-order valence-corrected chi connectivity index (χ3v) is 10.6. The van der Waals surface area contributed by atoms with E-state index in [1.807, 2.05) is 23.1 Å². The van der Waals surface area contributed by atoms with Gasteiger partial charge in [-0.1, -0.05) is 12.1 Å². The summed E-state index contributed by atoms with van der Waals surface area (Å²) in [6.07, 6.45) is 19.2. The molecule has 4 fully saturated rings. The summed E-state index contributed by atoms with van der Waals surface area (Å²) < 4.78 is 7.54. The first kappa shape index (κ1) is 28.9. The zero-order valence-corrected chi connectivity index (χ0v) is 26.2. The molecule has 42 heavy (non-hydrogen) atoms. The van der Waals surface area contributed by atoms with Crippen LogP contribution >= 0.6 is 0 Å². The van der Waals surface area contributed by atoms with Gasteiger partial charge >= 0.3 is 0 Å². The van der Waals surface area contributed by atoms with E-state index in [4.69, 9.17) is 9.72 Å². The summed E-state index contributed by atoms with van der Waals surface area (Å²) in [5.74, 6) is 2.10. The van der Waals surface area contributed by atoms with Crippen LogP contribution < -0.4 is 9.64 Å². The van der Waals surface area contributed by atoms with Gasteiger partial charge in [-0.15, -0.1) is 0 Å². The number of fused-ring (bicyclic) bond motifs is 3. The lowest BCUT2D eigenvalue weighted by Crippen LogP contribution is -2.51. The molecule has 0 atom stereocenters. The fourth-order valence-corrected chi connectivity index (χ4v) is 7.73. The molecule has 223 valence electrons. The maximum atomic E-state index is 14.3. The summed E-state index contributed by atoms with van der Waals surface area (Å²) in [5, 5.41) is 4.62. The number of anilines is 1. The Morgan fingerprint density at radius 2 is 1.74 bits per heavy atom. The third kappa shape index (κ3) is 5.49. The van der Waals surface area contributed by atoms with Gasteiger partial charge in [0.2, 0.25) is 5.91 Å². The molecule has 1 aromatic carbocycles. The number of carbonyl (C=O) groups excluding carboxylic acids is 1. The van der Waals surface area contributed by atoms with Gasteiger partial charge in [0, 0.05) is 30.4 Å². The molecular formula is C36H47N4O2. The highest BCUT2D eigenvalue weighted by molar-refractivity contribution is 5.95. The molecule has 2 heterocycles. The van der Waals surface area contributed by atoms with Crippen molar-refractivity contribution in [1.82, 2.24) is 14.8 Å². The van der Waals surface area contributed by atoms with Gasteiger partial charge in [0.05, 0.1) is 18.8 Å². The minimum atomic E-state index is -0.0883. The van der Waals surface area contributed by atoms with Crippen molar-refractivity contribution < 1.29 is 9.53 Å². The zero-order chi connectivity index (χ0) is 29.5. The summed E-state index contributed by atoms with van der Waals surface area (Å²) in [4.78, 5) is 21.2. The molecule has 3 aromatic rings. The minimum absolute atomic E-state index is 0.0778. The molecule has 1 amide bonds. The average molecular weight is 568 g/mol. The Balaban J connectivity index is 1.27. The average Bonchev–Trinajstić information content (AvgIpc) is 3.53. The molecular weight excluding hydrogens is 520 g/mol. The molecule has 1 radical (unpaired) electrons. The van der Waals surface area contributed by atoms with Crippen molar-refractivity contribution in [3.05, 3.63) is 66.5 Å². The molecule has 4 aliphatic rings. The number of nitrogens with zero attached hydrogens (tertiary/aromatic N) is 4. The number of hydrogen-bond donors (Lipinski definition) is 0. The van der Waals surface area contributed by atoms with Crippen LogP contribution in [-0.2, 0) is 15.7 Å². The van der Waals surface area contributed by atoms with E-state index < -0.39 is 0 Å². The monoisotopic (exact) mass is 567 g/mol. The van der Waals surface area contributed by atoms with E-state index in [1.54, 1.807) is 7.11 Å². The smallest absolute Gasteiger partial charge is 0.231 e. The van der Waals surface area contributed by atoms with Crippen LogP contribution in [0, 0.1) is 24.7 Å². The third-order valence-electron chi connectivity index (χ3n) is 10.6. The van der Waals surface area contributed by atoms with E-state index in [1.165, 1.54) is 30.4 Å². The van der Waals surface area contributed by atoms with E-state index in [9.17, 15) is 4.79 Å². The quantitative estimate of drug-likeness (QED) is 0.290. The van der Waals surface area contributed by atoms with E-state index in [0.717, 1.165) is 74.2 Å². The Hall–Kier alpha value is -3.15. The largest absolute Gasteiger partial charge is 0.496 e. The lowest BCUT2D eigenvalue weighted by atomic mass is 9.51. The summed E-state index contributed by atoms with van der Waals surface area (Å²) in [6.45, 7) is 9.38. The summed E-state index contributed by atoms with van der Waals surface area (Å²) in [6, 6.07) is 10.9. The Kier molecular flexibility index (Phi) is 7.69. The normalized spacial score (nSPS) is 24.5. The van der Waals surface area contributed by atoms with Crippen LogP contribution in [0.2, 0.25) is 0 Å². The molecule has 4 saturated carbocycles. The van der Waals surface area contributed by atoms with E-state index in [-0.39, 0.29) is 28.2 Å². The van der Waals surface area contributed by atoms with Gasteiger partial charge in [-0.05, 0) is 144 Å². The van der Waals surface area contributed by atoms with Crippen molar-refractivity contribution in [2.45, 2.75) is 103 Å². The number of carbonyl (C=O) groups is 1. The lowest BCUT2D eigenvalue weighted by molar-refractivity contribution is -0.123. The molecule has 0 unspecified atom stereocenters. The van der Waals surface area contributed by atoms with E-state index >= 15 is 0 Å². The number of aryl methyl sites for hydroxylation is 1. The minimum Gasteiger partial charge on any atom is -0.496 e.